The highest BCUT2D eigenvalue weighted by molar-refractivity contribution is 5.78. The Morgan fingerprint density at radius 3 is 2.89 bits per heavy atom. The zero-order valence-electron chi connectivity index (χ0n) is 10.9. The van der Waals surface area contributed by atoms with E-state index in [4.69, 9.17) is 15.3 Å². The largest absolute Gasteiger partial charge is 0.381 e. The molecular formula is C14H20N2O3. The van der Waals surface area contributed by atoms with Gasteiger partial charge in [-0.05, 0) is 17.5 Å². The molecule has 0 spiro atoms. The van der Waals surface area contributed by atoms with E-state index in [1.807, 2.05) is 24.3 Å². The van der Waals surface area contributed by atoms with Crippen LogP contribution in [0.2, 0.25) is 0 Å². The Hall–Kier alpha value is -1.43. The van der Waals surface area contributed by atoms with E-state index in [-0.39, 0.29) is 12.3 Å². The van der Waals surface area contributed by atoms with Gasteiger partial charge in [0.05, 0.1) is 26.2 Å². The standard InChI is InChI=1S/C14H20N2O3/c15-16-14(17)7-12-3-1-2-4-13(12)10-19-9-11-5-6-18-8-11/h1-4,11H,5-10,15H2,(H,16,17). The lowest BCUT2D eigenvalue weighted by atomic mass is 10.0. The number of nitrogens with one attached hydrogen (secondary N) is 1. The van der Waals surface area contributed by atoms with Crippen molar-refractivity contribution in [3.63, 3.8) is 0 Å². The van der Waals surface area contributed by atoms with Crippen LogP contribution >= 0.6 is 0 Å². The fourth-order valence-electron chi connectivity index (χ4n) is 2.15. The molecule has 1 amide bonds. The molecule has 1 aromatic carbocycles. The van der Waals surface area contributed by atoms with Gasteiger partial charge in [-0.2, -0.15) is 0 Å². The zero-order valence-corrected chi connectivity index (χ0v) is 10.9. The van der Waals surface area contributed by atoms with Crippen LogP contribution in [0.1, 0.15) is 17.5 Å². The minimum absolute atomic E-state index is 0.198. The van der Waals surface area contributed by atoms with Gasteiger partial charge in [0, 0.05) is 12.5 Å². The van der Waals surface area contributed by atoms with Gasteiger partial charge in [-0.1, -0.05) is 24.3 Å². The van der Waals surface area contributed by atoms with Crippen molar-refractivity contribution >= 4 is 5.91 Å². The Morgan fingerprint density at radius 2 is 2.21 bits per heavy atom. The highest BCUT2D eigenvalue weighted by Crippen LogP contribution is 2.15. The highest BCUT2D eigenvalue weighted by atomic mass is 16.5. The first-order valence-electron chi connectivity index (χ1n) is 6.51. The summed E-state index contributed by atoms with van der Waals surface area (Å²) in [6.07, 6.45) is 1.35. The summed E-state index contributed by atoms with van der Waals surface area (Å²) in [5.41, 5.74) is 4.13. The van der Waals surface area contributed by atoms with E-state index >= 15 is 0 Å². The summed E-state index contributed by atoms with van der Waals surface area (Å²) in [6.45, 7) is 2.85. The second kappa shape index (κ2) is 7.23. The van der Waals surface area contributed by atoms with E-state index in [1.165, 1.54) is 0 Å². The van der Waals surface area contributed by atoms with Crippen LogP contribution in [0.25, 0.3) is 0 Å². The topological polar surface area (TPSA) is 73.6 Å². The van der Waals surface area contributed by atoms with Crippen molar-refractivity contribution in [3.05, 3.63) is 35.4 Å². The number of nitrogens with two attached hydrogens (primary N) is 1. The maximum absolute atomic E-state index is 11.3. The molecule has 1 saturated heterocycles. The molecule has 1 aliphatic heterocycles. The molecule has 19 heavy (non-hydrogen) atoms. The Kier molecular flexibility index (Phi) is 5.32. The average Bonchev–Trinajstić information content (AvgIpc) is 2.94. The summed E-state index contributed by atoms with van der Waals surface area (Å²) in [6, 6.07) is 7.76. The van der Waals surface area contributed by atoms with Crippen molar-refractivity contribution in [2.75, 3.05) is 19.8 Å². The fraction of sp³-hybridized carbons (Fsp3) is 0.500. The lowest BCUT2D eigenvalue weighted by molar-refractivity contribution is -0.120. The van der Waals surface area contributed by atoms with E-state index in [0.717, 1.165) is 30.8 Å². The van der Waals surface area contributed by atoms with Crippen molar-refractivity contribution in [2.45, 2.75) is 19.4 Å². The van der Waals surface area contributed by atoms with Crippen LogP contribution in [0, 0.1) is 5.92 Å². The number of hydrogen-bond donors (Lipinski definition) is 2. The molecule has 0 aliphatic carbocycles. The molecule has 1 fully saturated rings. The minimum atomic E-state index is -0.198. The summed E-state index contributed by atoms with van der Waals surface area (Å²) >= 11 is 0. The molecule has 5 nitrogen and oxygen atoms in total. The van der Waals surface area contributed by atoms with Gasteiger partial charge < -0.3 is 9.47 Å². The number of ether oxygens (including phenoxy) is 2. The van der Waals surface area contributed by atoms with Gasteiger partial charge in [0.15, 0.2) is 0 Å². The molecule has 0 bridgehead atoms. The third kappa shape index (κ3) is 4.31. The van der Waals surface area contributed by atoms with Gasteiger partial charge >= 0.3 is 0 Å². The molecule has 0 saturated carbocycles. The van der Waals surface area contributed by atoms with Crippen LogP contribution in [-0.2, 0) is 27.3 Å². The molecule has 104 valence electrons. The third-order valence-corrected chi connectivity index (χ3v) is 3.27. The fourth-order valence-corrected chi connectivity index (χ4v) is 2.15. The van der Waals surface area contributed by atoms with Gasteiger partial charge in [0.1, 0.15) is 0 Å². The maximum Gasteiger partial charge on any atom is 0.238 e. The van der Waals surface area contributed by atoms with Gasteiger partial charge in [-0.15, -0.1) is 0 Å². The normalized spacial score (nSPS) is 18.5. The number of carbonyl (C=O) groups excluding carboxylic acids is 1. The molecule has 5 heteroatoms. The second-order valence-electron chi connectivity index (χ2n) is 4.76. The molecule has 1 heterocycles. The van der Waals surface area contributed by atoms with Gasteiger partial charge in [-0.3, -0.25) is 10.2 Å². The monoisotopic (exact) mass is 264 g/mol. The Balaban J connectivity index is 1.86. The van der Waals surface area contributed by atoms with Crippen molar-refractivity contribution < 1.29 is 14.3 Å². The molecule has 2 rings (SSSR count). The first-order chi connectivity index (χ1) is 9.29. The van der Waals surface area contributed by atoms with Crippen LogP contribution in [0.3, 0.4) is 0 Å². The first kappa shape index (κ1) is 14.0. The van der Waals surface area contributed by atoms with Crippen molar-refractivity contribution in [1.29, 1.82) is 0 Å². The Bertz CT molecular complexity index is 417. The molecule has 1 atom stereocenters. The quantitative estimate of drug-likeness (QED) is 0.452. The summed E-state index contributed by atoms with van der Waals surface area (Å²) in [4.78, 5) is 11.3. The highest BCUT2D eigenvalue weighted by Gasteiger charge is 2.15. The summed E-state index contributed by atoms with van der Waals surface area (Å²) in [7, 11) is 0. The lowest BCUT2D eigenvalue weighted by Gasteiger charge is -2.11. The predicted octanol–water partition coefficient (Wildman–Crippen LogP) is 0.772. The van der Waals surface area contributed by atoms with Crippen LogP contribution in [0.15, 0.2) is 24.3 Å². The van der Waals surface area contributed by atoms with Crippen molar-refractivity contribution in [2.24, 2.45) is 11.8 Å². The second-order valence-corrected chi connectivity index (χ2v) is 4.76. The van der Waals surface area contributed by atoms with E-state index in [9.17, 15) is 4.79 Å². The molecule has 1 aromatic rings. The van der Waals surface area contributed by atoms with Crippen LogP contribution in [-0.4, -0.2) is 25.7 Å². The van der Waals surface area contributed by atoms with Crippen LogP contribution < -0.4 is 11.3 Å². The Labute approximate surface area is 113 Å². The van der Waals surface area contributed by atoms with Gasteiger partial charge in [-0.25, -0.2) is 5.84 Å². The smallest absolute Gasteiger partial charge is 0.238 e. The number of hydrogen-bond acceptors (Lipinski definition) is 4. The molecule has 0 radical (unpaired) electrons. The van der Waals surface area contributed by atoms with Gasteiger partial charge in [0.2, 0.25) is 5.91 Å². The Morgan fingerprint density at radius 1 is 1.42 bits per heavy atom. The molecular weight excluding hydrogens is 244 g/mol. The summed E-state index contributed by atoms with van der Waals surface area (Å²) in [5, 5.41) is 0. The lowest BCUT2D eigenvalue weighted by Crippen LogP contribution is -2.31. The molecule has 0 aromatic heterocycles. The minimum Gasteiger partial charge on any atom is -0.381 e. The number of hydrazine groups is 1. The maximum atomic E-state index is 11.3. The summed E-state index contributed by atoms with van der Waals surface area (Å²) < 4.78 is 11.0. The van der Waals surface area contributed by atoms with Crippen molar-refractivity contribution in [1.82, 2.24) is 5.43 Å². The number of amides is 1. The predicted molar refractivity (Wildman–Crippen MR) is 71.1 cm³/mol. The SMILES string of the molecule is NNC(=O)Cc1ccccc1COCC1CCOC1. The molecule has 1 unspecified atom stereocenters. The average molecular weight is 264 g/mol. The number of rotatable bonds is 6. The van der Waals surface area contributed by atoms with Crippen molar-refractivity contribution in [3.8, 4) is 0 Å². The van der Waals surface area contributed by atoms with Crippen LogP contribution in [0.5, 0.6) is 0 Å². The zero-order chi connectivity index (χ0) is 13.5. The summed E-state index contributed by atoms with van der Waals surface area (Å²) in [5.74, 6) is 5.41. The third-order valence-electron chi connectivity index (χ3n) is 3.27. The number of carbonyl (C=O) groups is 1. The van der Waals surface area contributed by atoms with E-state index in [1.54, 1.807) is 0 Å². The van der Waals surface area contributed by atoms with Crippen LogP contribution in [0.4, 0.5) is 0 Å². The first-order valence-corrected chi connectivity index (χ1v) is 6.51. The van der Waals surface area contributed by atoms with E-state index < -0.39 is 0 Å². The molecule has 3 N–H and O–H groups in total. The number of benzene rings is 1. The van der Waals surface area contributed by atoms with Gasteiger partial charge in [0.25, 0.3) is 0 Å². The molecule has 1 aliphatic rings. The van der Waals surface area contributed by atoms with E-state index in [0.29, 0.717) is 19.1 Å². The van der Waals surface area contributed by atoms with E-state index in [2.05, 4.69) is 5.43 Å².